The maximum atomic E-state index is 4.82. The Morgan fingerprint density at radius 3 is 2.56 bits per heavy atom. The minimum atomic E-state index is 0.508. The van der Waals surface area contributed by atoms with Crippen LogP contribution in [0.3, 0.4) is 0 Å². The lowest BCUT2D eigenvalue weighted by atomic mass is 9.85. The maximum Gasteiger partial charge on any atom is 0.0825 e. The Labute approximate surface area is 110 Å². The Hall–Kier alpha value is -0.830. The van der Waals surface area contributed by atoms with E-state index < -0.39 is 0 Å². The average molecular weight is 247 g/mol. The Morgan fingerprint density at radius 2 is 1.89 bits per heavy atom. The third kappa shape index (κ3) is 2.09. The fourth-order valence-electron chi connectivity index (χ4n) is 3.86. The summed E-state index contributed by atoms with van der Waals surface area (Å²) in [6, 6.07) is 0.508. The van der Waals surface area contributed by atoms with Crippen LogP contribution in [0.2, 0.25) is 0 Å². The van der Waals surface area contributed by atoms with Gasteiger partial charge in [0.1, 0.15) is 0 Å². The zero-order valence-electron chi connectivity index (χ0n) is 11.7. The summed E-state index contributed by atoms with van der Waals surface area (Å²) < 4.78 is 2.17. The van der Waals surface area contributed by atoms with Gasteiger partial charge in [-0.05, 0) is 44.7 Å². The highest BCUT2D eigenvalue weighted by molar-refractivity contribution is 5.30. The first kappa shape index (κ1) is 12.2. The minimum absolute atomic E-state index is 0.508. The molecule has 0 spiro atoms. The van der Waals surface area contributed by atoms with Crippen molar-refractivity contribution in [3.05, 3.63) is 17.0 Å². The van der Waals surface area contributed by atoms with Crippen molar-refractivity contribution >= 4 is 0 Å². The highest BCUT2D eigenvalue weighted by Crippen LogP contribution is 2.36. The number of aryl methyl sites for hydroxylation is 1. The van der Waals surface area contributed by atoms with Crippen LogP contribution in [0.4, 0.5) is 0 Å². The number of aromatic nitrogens is 2. The van der Waals surface area contributed by atoms with Crippen LogP contribution in [0.25, 0.3) is 0 Å². The maximum absolute atomic E-state index is 4.82. The second kappa shape index (κ2) is 5.04. The highest BCUT2D eigenvalue weighted by atomic mass is 15.3. The van der Waals surface area contributed by atoms with E-state index in [9.17, 15) is 0 Å². The van der Waals surface area contributed by atoms with Gasteiger partial charge in [0.2, 0.25) is 0 Å². The molecule has 1 aromatic heterocycles. The lowest BCUT2D eigenvalue weighted by Gasteiger charge is -2.22. The van der Waals surface area contributed by atoms with Crippen molar-refractivity contribution < 1.29 is 0 Å². The van der Waals surface area contributed by atoms with E-state index in [2.05, 4.69) is 24.0 Å². The van der Waals surface area contributed by atoms with Crippen LogP contribution in [0.1, 0.15) is 73.9 Å². The number of nitrogens with one attached hydrogen (secondary N) is 1. The SMILES string of the molecule is Cc1c(C2CCCN2)nn(C)c1C1CCCCC1. The molecule has 18 heavy (non-hydrogen) atoms. The lowest BCUT2D eigenvalue weighted by molar-refractivity contribution is 0.423. The van der Waals surface area contributed by atoms with E-state index in [0.29, 0.717) is 6.04 Å². The van der Waals surface area contributed by atoms with E-state index in [1.54, 1.807) is 0 Å². The van der Waals surface area contributed by atoms with Crippen molar-refractivity contribution in [2.45, 2.75) is 63.8 Å². The van der Waals surface area contributed by atoms with Gasteiger partial charge < -0.3 is 5.32 Å². The van der Waals surface area contributed by atoms with Gasteiger partial charge in [0, 0.05) is 18.7 Å². The molecule has 0 amide bonds. The predicted molar refractivity (Wildman–Crippen MR) is 73.7 cm³/mol. The molecule has 1 atom stereocenters. The lowest BCUT2D eigenvalue weighted by Crippen LogP contribution is -2.14. The predicted octanol–water partition coefficient (Wildman–Crippen LogP) is 3.20. The summed E-state index contributed by atoms with van der Waals surface area (Å²) in [5, 5.41) is 8.40. The van der Waals surface area contributed by atoms with Crippen molar-refractivity contribution in [2.24, 2.45) is 7.05 Å². The van der Waals surface area contributed by atoms with Crippen molar-refractivity contribution in [2.75, 3.05) is 6.54 Å². The van der Waals surface area contributed by atoms with Crippen LogP contribution in [-0.2, 0) is 7.05 Å². The molecule has 2 aliphatic rings. The molecular weight excluding hydrogens is 222 g/mol. The first-order valence-electron chi connectivity index (χ1n) is 7.54. The zero-order chi connectivity index (χ0) is 12.5. The zero-order valence-corrected chi connectivity index (χ0v) is 11.7. The smallest absolute Gasteiger partial charge is 0.0825 e. The summed E-state index contributed by atoms with van der Waals surface area (Å²) >= 11 is 0. The van der Waals surface area contributed by atoms with Gasteiger partial charge in [0.25, 0.3) is 0 Å². The van der Waals surface area contributed by atoms with Gasteiger partial charge in [-0.2, -0.15) is 5.10 Å². The highest BCUT2D eigenvalue weighted by Gasteiger charge is 2.27. The minimum Gasteiger partial charge on any atom is -0.309 e. The summed E-state index contributed by atoms with van der Waals surface area (Å²) in [6.07, 6.45) is 9.47. The Kier molecular flexibility index (Phi) is 3.42. The molecule has 100 valence electrons. The molecule has 3 rings (SSSR count). The molecule has 0 bridgehead atoms. The van der Waals surface area contributed by atoms with Gasteiger partial charge in [-0.3, -0.25) is 4.68 Å². The monoisotopic (exact) mass is 247 g/mol. The Bertz CT molecular complexity index is 410. The number of nitrogens with zero attached hydrogens (tertiary/aromatic N) is 2. The van der Waals surface area contributed by atoms with Crippen LogP contribution in [0, 0.1) is 6.92 Å². The van der Waals surface area contributed by atoms with Gasteiger partial charge >= 0.3 is 0 Å². The van der Waals surface area contributed by atoms with Gasteiger partial charge in [0.15, 0.2) is 0 Å². The largest absolute Gasteiger partial charge is 0.309 e. The third-order valence-corrected chi connectivity index (χ3v) is 4.76. The second-order valence-electron chi connectivity index (χ2n) is 6.00. The van der Waals surface area contributed by atoms with Crippen LogP contribution in [-0.4, -0.2) is 16.3 Å². The molecule has 1 aliphatic carbocycles. The first-order valence-corrected chi connectivity index (χ1v) is 7.54. The van der Waals surface area contributed by atoms with Crippen molar-refractivity contribution in [3.8, 4) is 0 Å². The first-order chi connectivity index (χ1) is 8.77. The van der Waals surface area contributed by atoms with Crippen molar-refractivity contribution in [1.82, 2.24) is 15.1 Å². The van der Waals surface area contributed by atoms with Crippen LogP contribution in [0.15, 0.2) is 0 Å². The Balaban J connectivity index is 1.89. The average Bonchev–Trinajstić information content (AvgIpc) is 2.99. The van der Waals surface area contributed by atoms with E-state index in [1.807, 2.05) is 0 Å². The topological polar surface area (TPSA) is 29.9 Å². The van der Waals surface area contributed by atoms with Crippen LogP contribution >= 0.6 is 0 Å². The van der Waals surface area contributed by atoms with E-state index in [0.717, 1.165) is 12.5 Å². The van der Waals surface area contributed by atoms with E-state index >= 15 is 0 Å². The number of hydrogen-bond donors (Lipinski definition) is 1. The van der Waals surface area contributed by atoms with E-state index in [4.69, 9.17) is 5.10 Å². The normalized spacial score (nSPS) is 25.8. The quantitative estimate of drug-likeness (QED) is 0.869. The fraction of sp³-hybridized carbons (Fsp3) is 0.800. The molecule has 0 radical (unpaired) electrons. The molecule has 1 aromatic rings. The summed E-state index contributed by atoms with van der Waals surface area (Å²) in [5.41, 5.74) is 4.29. The van der Waals surface area contributed by atoms with Crippen molar-refractivity contribution in [3.63, 3.8) is 0 Å². The summed E-state index contributed by atoms with van der Waals surface area (Å²) in [4.78, 5) is 0. The number of hydrogen-bond acceptors (Lipinski definition) is 2. The molecule has 3 heteroatoms. The molecule has 3 nitrogen and oxygen atoms in total. The van der Waals surface area contributed by atoms with Gasteiger partial charge in [-0.1, -0.05) is 19.3 Å². The molecule has 2 heterocycles. The molecular formula is C15H25N3. The summed E-state index contributed by atoms with van der Waals surface area (Å²) in [5.74, 6) is 0.756. The molecule has 1 saturated carbocycles. The van der Waals surface area contributed by atoms with Gasteiger partial charge in [0.05, 0.1) is 11.7 Å². The van der Waals surface area contributed by atoms with E-state index in [-0.39, 0.29) is 0 Å². The molecule has 1 unspecified atom stereocenters. The van der Waals surface area contributed by atoms with Gasteiger partial charge in [-0.15, -0.1) is 0 Å². The molecule has 1 saturated heterocycles. The Morgan fingerprint density at radius 1 is 1.11 bits per heavy atom. The molecule has 2 fully saturated rings. The fourth-order valence-corrected chi connectivity index (χ4v) is 3.86. The number of rotatable bonds is 2. The molecule has 1 aliphatic heterocycles. The van der Waals surface area contributed by atoms with E-state index in [1.165, 1.54) is 61.9 Å². The summed E-state index contributed by atoms with van der Waals surface area (Å²) in [6.45, 7) is 3.44. The standard InChI is InChI=1S/C15H25N3/c1-11-14(13-9-6-10-16-13)17-18(2)15(11)12-7-4-3-5-8-12/h12-13,16H,3-10H2,1-2H3. The second-order valence-corrected chi connectivity index (χ2v) is 6.00. The van der Waals surface area contributed by atoms with Crippen molar-refractivity contribution in [1.29, 1.82) is 0 Å². The summed E-state index contributed by atoms with van der Waals surface area (Å²) in [7, 11) is 2.13. The third-order valence-electron chi connectivity index (χ3n) is 4.76. The van der Waals surface area contributed by atoms with Gasteiger partial charge in [-0.25, -0.2) is 0 Å². The van der Waals surface area contributed by atoms with Crippen LogP contribution in [0.5, 0.6) is 0 Å². The molecule has 1 N–H and O–H groups in total. The molecule has 0 aromatic carbocycles. The van der Waals surface area contributed by atoms with Crippen LogP contribution < -0.4 is 5.32 Å².